The van der Waals surface area contributed by atoms with E-state index in [-0.39, 0.29) is 12.4 Å². The van der Waals surface area contributed by atoms with Crippen LogP contribution in [-0.2, 0) is 13.2 Å². The lowest BCUT2D eigenvalue weighted by Crippen LogP contribution is -2.38. The maximum atomic E-state index is 5.89. The van der Waals surface area contributed by atoms with E-state index in [2.05, 4.69) is 46.6 Å². The van der Waals surface area contributed by atoms with Gasteiger partial charge in [0.25, 0.3) is 0 Å². The zero-order chi connectivity index (χ0) is 17.0. The Bertz CT molecular complexity index is 668. The molecular weight excluding hydrogens is 344 g/mol. The molecule has 0 bridgehead atoms. The van der Waals surface area contributed by atoms with Gasteiger partial charge in [0.15, 0.2) is 0 Å². The van der Waals surface area contributed by atoms with E-state index >= 15 is 0 Å². The van der Waals surface area contributed by atoms with Gasteiger partial charge in [0.1, 0.15) is 12.4 Å². The van der Waals surface area contributed by atoms with E-state index in [1.54, 1.807) is 0 Å². The average molecular weight is 373 g/mol. The van der Waals surface area contributed by atoms with Crippen molar-refractivity contribution in [2.75, 3.05) is 26.2 Å². The lowest BCUT2D eigenvalue weighted by molar-refractivity contribution is 0.194. The zero-order valence-electron chi connectivity index (χ0n) is 15.3. The van der Waals surface area contributed by atoms with Gasteiger partial charge in [0.2, 0.25) is 0 Å². The number of halogens is 1. The predicted molar refractivity (Wildman–Crippen MR) is 109 cm³/mol. The Balaban J connectivity index is 0.00000196. The van der Waals surface area contributed by atoms with E-state index < -0.39 is 0 Å². The highest BCUT2D eigenvalue weighted by atomic mass is 35.5. The molecule has 0 atom stereocenters. The summed E-state index contributed by atoms with van der Waals surface area (Å²) < 4.78 is 5.89. The van der Waals surface area contributed by atoms with Crippen molar-refractivity contribution in [2.45, 2.75) is 32.4 Å². The standard InChI is InChI=1S/C22H28N2O.ClH/c1-2-4-20(5-3-1)17-25-21-8-6-19(7-9-21)16-24-15-12-22(18-24)10-13-23-14-11-22;/h1-9,23H,10-18H2;1H. The summed E-state index contributed by atoms with van der Waals surface area (Å²) in [4.78, 5) is 2.63. The molecule has 0 aromatic heterocycles. The summed E-state index contributed by atoms with van der Waals surface area (Å²) in [6.07, 6.45) is 4.05. The zero-order valence-corrected chi connectivity index (χ0v) is 16.1. The Morgan fingerprint density at radius 1 is 0.885 bits per heavy atom. The summed E-state index contributed by atoms with van der Waals surface area (Å²) in [5, 5.41) is 3.50. The fraction of sp³-hybridized carbons (Fsp3) is 0.455. The Morgan fingerprint density at radius 3 is 2.35 bits per heavy atom. The van der Waals surface area contributed by atoms with Crippen LogP contribution in [0.15, 0.2) is 54.6 Å². The largest absolute Gasteiger partial charge is 0.489 e. The monoisotopic (exact) mass is 372 g/mol. The van der Waals surface area contributed by atoms with Crippen LogP contribution in [0.4, 0.5) is 0 Å². The minimum atomic E-state index is 0. The molecule has 0 unspecified atom stereocenters. The molecule has 0 aliphatic carbocycles. The number of hydrogen-bond acceptors (Lipinski definition) is 3. The van der Waals surface area contributed by atoms with Crippen LogP contribution in [0.1, 0.15) is 30.4 Å². The van der Waals surface area contributed by atoms with Crippen molar-refractivity contribution < 1.29 is 4.74 Å². The van der Waals surface area contributed by atoms with Gasteiger partial charge in [-0.2, -0.15) is 0 Å². The van der Waals surface area contributed by atoms with Gasteiger partial charge in [0, 0.05) is 13.1 Å². The Morgan fingerprint density at radius 2 is 1.62 bits per heavy atom. The molecule has 2 aliphatic heterocycles. The first-order chi connectivity index (χ1) is 12.3. The maximum Gasteiger partial charge on any atom is 0.119 e. The maximum absolute atomic E-state index is 5.89. The molecule has 2 aliphatic rings. The van der Waals surface area contributed by atoms with Crippen LogP contribution in [-0.4, -0.2) is 31.1 Å². The van der Waals surface area contributed by atoms with Crippen molar-refractivity contribution in [3.05, 3.63) is 65.7 Å². The van der Waals surface area contributed by atoms with E-state index in [1.807, 2.05) is 18.2 Å². The lowest BCUT2D eigenvalue weighted by Gasteiger charge is -2.33. The van der Waals surface area contributed by atoms with Crippen LogP contribution >= 0.6 is 12.4 Å². The van der Waals surface area contributed by atoms with Crippen molar-refractivity contribution in [3.63, 3.8) is 0 Å². The van der Waals surface area contributed by atoms with E-state index in [4.69, 9.17) is 4.74 Å². The molecule has 1 N–H and O–H groups in total. The fourth-order valence-electron chi connectivity index (χ4n) is 4.22. The Kier molecular flexibility index (Phi) is 6.58. The van der Waals surface area contributed by atoms with Crippen molar-refractivity contribution >= 4 is 12.4 Å². The molecule has 2 aromatic rings. The molecule has 4 rings (SSSR count). The van der Waals surface area contributed by atoms with Crippen LogP contribution in [0.25, 0.3) is 0 Å². The first kappa shape index (κ1) is 19.2. The molecule has 2 fully saturated rings. The van der Waals surface area contributed by atoms with Crippen molar-refractivity contribution in [3.8, 4) is 5.75 Å². The second-order valence-corrected chi connectivity index (χ2v) is 7.63. The van der Waals surface area contributed by atoms with Crippen LogP contribution in [0.5, 0.6) is 5.75 Å². The highest BCUT2D eigenvalue weighted by Crippen LogP contribution is 2.39. The van der Waals surface area contributed by atoms with Crippen LogP contribution < -0.4 is 10.1 Å². The van der Waals surface area contributed by atoms with Gasteiger partial charge in [-0.15, -0.1) is 12.4 Å². The normalized spacial score (nSPS) is 19.2. The average Bonchev–Trinajstić information content (AvgIpc) is 3.04. The molecular formula is C22H29ClN2O. The number of rotatable bonds is 5. The fourth-order valence-corrected chi connectivity index (χ4v) is 4.22. The lowest BCUT2D eigenvalue weighted by atomic mass is 9.78. The highest BCUT2D eigenvalue weighted by molar-refractivity contribution is 5.85. The molecule has 26 heavy (non-hydrogen) atoms. The summed E-state index contributed by atoms with van der Waals surface area (Å²) in [5.41, 5.74) is 3.18. The van der Waals surface area contributed by atoms with E-state index in [9.17, 15) is 0 Å². The van der Waals surface area contributed by atoms with Gasteiger partial charge in [-0.1, -0.05) is 42.5 Å². The van der Waals surface area contributed by atoms with Crippen LogP contribution in [0.3, 0.4) is 0 Å². The number of likely N-dealkylation sites (tertiary alicyclic amines) is 1. The molecule has 3 nitrogen and oxygen atoms in total. The molecule has 0 amide bonds. The molecule has 1 spiro atoms. The third-order valence-electron chi connectivity index (χ3n) is 5.76. The molecule has 140 valence electrons. The molecule has 2 heterocycles. The summed E-state index contributed by atoms with van der Waals surface area (Å²) in [7, 11) is 0. The summed E-state index contributed by atoms with van der Waals surface area (Å²) in [6.45, 7) is 6.59. The number of nitrogens with one attached hydrogen (secondary N) is 1. The van der Waals surface area contributed by atoms with Gasteiger partial charge in [-0.05, 0) is 67.6 Å². The second-order valence-electron chi connectivity index (χ2n) is 7.63. The summed E-state index contributed by atoms with van der Waals surface area (Å²) in [5.74, 6) is 0.948. The molecule has 4 heteroatoms. The smallest absolute Gasteiger partial charge is 0.119 e. The van der Waals surface area contributed by atoms with Crippen LogP contribution in [0.2, 0.25) is 0 Å². The van der Waals surface area contributed by atoms with Gasteiger partial charge in [0.05, 0.1) is 0 Å². The minimum Gasteiger partial charge on any atom is -0.489 e. The number of piperidine rings is 1. The molecule has 2 aromatic carbocycles. The summed E-state index contributed by atoms with van der Waals surface area (Å²) >= 11 is 0. The third-order valence-corrected chi connectivity index (χ3v) is 5.76. The van der Waals surface area contributed by atoms with Gasteiger partial charge in [-0.3, -0.25) is 4.90 Å². The number of benzene rings is 2. The van der Waals surface area contributed by atoms with Crippen molar-refractivity contribution in [1.82, 2.24) is 10.2 Å². The van der Waals surface area contributed by atoms with Crippen LogP contribution in [0, 0.1) is 5.41 Å². The van der Waals surface area contributed by atoms with E-state index in [0.717, 1.165) is 12.3 Å². The number of ether oxygens (including phenoxy) is 1. The quantitative estimate of drug-likeness (QED) is 0.848. The SMILES string of the molecule is Cl.c1ccc(COc2ccc(CN3CCC4(CCNCC4)C3)cc2)cc1. The van der Waals surface area contributed by atoms with E-state index in [1.165, 1.54) is 56.6 Å². The number of nitrogens with zero attached hydrogens (tertiary/aromatic N) is 1. The molecule has 0 radical (unpaired) electrons. The number of hydrogen-bond donors (Lipinski definition) is 1. The van der Waals surface area contributed by atoms with Gasteiger partial charge < -0.3 is 10.1 Å². The van der Waals surface area contributed by atoms with E-state index in [0.29, 0.717) is 12.0 Å². The summed E-state index contributed by atoms with van der Waals surface area (Å²) in [6, 6.07) is 19.0. The second kappa shape index (κ2) is 8.90. The highest BCUT2D eigenvalue weighted by Gasteiger charge is 2.38. The first-order valence-corrected chi connectivity index (χ1v) is 9.50. The predicted octanol–water partition coefficient (Wildman–Crippen LogP) is 4.26. The topological polar surface area (TPSA) is 24.5 Å². The van der Waals surface area contributed by atoms with Crippen molar-refractivity contribution in [2.24, 2.45) is 5.41 Å². The Hall–Kier alpha value is -1.55. The van der Waals surface area contributed by atoms with Crippen molar-refractivity contribution in [1.29, 1.82) is 0 Å². The third kappa shape index (κ3) is 4.79. The van der Waals surface area contributed by atoms with Gasteiger partial charge >= 0.3 is 0 Å². The first-order valence-electron chi connectivity index (χ1n) is 9.50. The molecule has 0 saturated carbocycles. The Labute approximate surface area is 163 Å². The van der Waals surface area contributed by atoms with Gasteiger partial charge in [-0.25, -0.2) is 0 Å². The molecule has 2 saturated heterocycles. The minimum absolute atomic E-state index is 0.